The van der Waals surface area contributed by atoms with Crippen LogP contribution in [0, 0.1) is 0 Å². The van der Waals surface area contributed by atoms with Crippen molar-refractivity contribution in [2.75, 3.05) is 26.8 Å². The van der Waals surface area contributed by atoms with E-state index in [0.717, 1.165) is 5.57 Å². The molecule has 2 aliphatic heterocycles. The second kappa shape index (κ2) is 11.5. The largest absolute Gasteiger partial charge is 0.493 e. The number of benzene rings is 1. The van der Waals surface area contributed by atoms with Crippen LogP contribution in [-0.2, 0) is 14.8 Å². The Morgan fingerprint density at radius 3 is 2.64 bits per heavy atom. The summed E-state index contributed by atoms with van der Waals surface area (Å²) < 4.78 is 41.9. The molecule has 0 radical (unpaired) electrons. The van der Waals surface area contributed by atoms with Crippen LogP contribution in [-0.4, -0.2) is 63.3 Å². The minimum Gasteiger partial charge on any atom is -0.493 e. The van der Waals surface area contributed by atoms with Gasteiger partial charge in [0.25, 0.3) is 15.9 Å². The van der Waals surface area contributed by atoms with Crippen LogP contribution in [0.5, 0.6) is 11.5 Å². The highest BCUT2D eigenvalue weighted by Gasteiger charge is 2.36. The van der Waals surface area contributed by atoms with Crippen LogP contribution in [0.15, 0.2) is 28.2 Å². The number of urea groups is 1. The van der Waals surface area contributed by atoms with Gasteiger partial charge in [-0.2, -0.15) is 0 Å². The number of nitrogens with zero attached hydrogens (tertiary/aromatic N) is 1. The Labute approximate surface area is 215 Å². The van der Waals surface area contributed by atoms with E-state index in [1.54, 1.807) is 13.8 Å². The molecule has 0 fully saturated rings. The molecular formula is C23H32N4O7S2. The van der Waals surface area contributed by atoms with Gasteiger partial charge >= 0.3 is 11.3 Å². The van der Waals surface area contributed by atoms with Crippen LogP contribution in [0.4, 0.5) is 9.59 Å². The van der Waals surface area contributed by atoms with Gasteiger partial charge < -0.3 is 14.8 Å². The quantitative estimate of drug-likeness (QED) is 0.424. The normalized spacial score (nSPS) is 18.4. The molecule has 36 heavy (non-hydrogen) atoms. The summed E-state index contributed by atoms with van der Waals surface area (Å²) in [4.78, 5) is 38.5. The molecule has 0 bridgehead atoms. The number of fused-ring (bicyclic) bond motifs is 1. The second-order valence-electron chi connectivity index (χ2n) is 8.45. The lowest BCUT2D eigenvalue weighted by molar-refractivity contribution is -0.123. The zero-order valence-electron chi connectivity index (χ0n) is 21.0. The zero-order valence-corrected chi connectivity index (χ0v) is 22.6. The first-order chi connectivity index (χ1) is 17.0. The van der Waals surface area contributed by atoms with Crippen molar-refractivity contribution in [3.05, 3.63) is 28.8 Å². The van der Waals surface area contributed by atoms with Crippen molar-refractivity contribution < 1.29 is 32.3 Å². The molecule has 198 valence electrons. The predicted molar refractivity (Wildman–Crippen MR) is 136 cm³/mol. The lowest BCUT2D eigenvalue weighted by Gasteiger charge is -2.32. The highest BCUT2D eigenvalue weighted by Crippen LogP contribution is 2.41. The van der Waals surface area contributed by atoms with E-state index in [4.69, 9.17) is 9.47 Å². The van der Waals surface area contributed by atoms with Crippen LogP contribution < -0.4 is 24.2 Å². The number of carbonyl (C=O) groups is 3. The Bertz CT molecular complexity index is 1180. The van der Waals surface area contributed by atoms with Gasteiger partial charge in [-0.1, -0.05) is 6.92 Å². The summed E-state index contributed by atoms with van der Waals surface area (Å²) in [6.45, 7) is 8.04. The maximum atomic E-state index is 13.0. The van der Waals surface area contributed by atoms with E-state index in [9.17, 15) is 22.8 Å². The third-order valence-corrected chi connectivity index (χ3v) is 8.10. The van der Waals surface area contributed by atoms with E-state index in [0.29, 0.717) is 48.3 Å². The first kappa shape index (κ1) is 27.8. The molecule has 2 heterocycles. The third kappa shape index (κ3) is 5.79. The van der Waals surface area contributed by atoms with Crippen molar-refractivity contribution in [2.24, 2.45) is 0 Å². The first-order valence-electron chi connectivity index (χ1n) is 11.7. The zero-order chi connectivity index (χ0) is 26.6. The van der Waals surface area contributed by atoms with Crippen LogP contribution in [0.3, 0.4) is 0 Å². The van der Waals surface area contributed by atoms with Gasteiger partial charge in [0.1, 0.15) is 16.4 Å². The minimum absolute atomic E-state index is 0.0552. The molecule has 2 aliphatic rings. The van der Waals surface area contributed by atoms with Crippen molar-refractivity contribution in [1.29, 1.82) is 0 Å². The molecule has 1 aromatic carbocycles. The maximum Gasteiger partial charge on any atom is 0.324 e. The Kier molecular flexibility index (Phi) is 8.90. The monoisotopic (exact) mass is 540 g/mol. The molecule has 4 amide bonds. The van der Waals surface area contributed by atoms with Crippen LogP contribution >= 0.6 is 11.9 Å². The molecule has 11 nitrogen and oxygen atoms in total. The van der Waals surface area contributed by atoms with Gasteiger partial charge in [-0.05, 0) is 52.3 Å². The number of nitrogens with one attached hydrogen (secondary N) is 3. The lowest BCUT2D eigenvalue weighted by atomic mass is 9.87. The Morgan fingerprint density at radius 2 is 2.03 bits per heavy atom. The fourth-order valence-electron chi connectivity index (χ4n) is 4.44. The van der Waals surface area contributed by atoms with Gasteiger partial charge in [0, 0.05) is 41.1 Å². The molecule has 0 aliphatic carbocycles. The summed E-state index contributed by atoms with van der Waals surface area (Å²) in [6, 6.07) is 1.98. The summed E-state index contributed by atoms with van der Waals surface area (Å²) in [6.07, 6.45) is 1.06. The number of amides is 4. The average Bonchev–Trinajstić information content (AvgIpc) is 3.11. The van der Waals surface area contributed by atoms with Gasteiger partial charge in [-0.3, -0.25) is 19.2 Å². The molecule has 2 unspecified atom stereocenters. The summed E-state index contributed by atoms with van der Waals surface area (Å²) >= 11 is 0.599. The van der Waals surface area contributed by atoms with Crippen LogP contribution in [0.1, 0.15) is 52.0 Å². The second-order valence-corrected chi connectivity index (χ2v) is 11.1. The number of ether oxygens (including phenoxy) is 2. The minimum atomic E-state index is -4.26. The molecule has 1 aromatic rings. The van der Waals surface area contributed by atoms with Crippen molar-refractivity contribution >= 4 is 39.1 Å². The fourth-order valence-corrected chi connectivity index (χ4v) is 6.11. The summed E-state index contributed by atoms with van der Waals surface area (Å²) in [5, 5.41) is 2.10. The first-order valence-corrected chi connectivity index (χ1v) is 14.0. The standard InChI is InChI=1S/C23H32N4O7S2/c1-6-15-13(3)12-27(21(15)28)22(29)25-14(4)16-8-9-34-18-11-19(33-7-2)20(10-17(16)18)36(31,32)26-23(30)35-24-5/h10-11,14,16,24H,6-9,12H2,1-5H3,(H,25,29)(H,26,30). The number of hydrogen-bond donors (Lipinski definition) is 3. The highest BCUT2D eigenvalue weighted by atomic mass is 32.2. The van der Waals surface area contributed by atoms with Crippen LogP contribution in [0.25, 0.3) is 0 Å². The van der Waals surface area contributed by atoms with Crippen LogP contribution in [0.2, 0.25) is 0 Å². The lowest BCUT2D eigenvalue weighted by Crippen LogP contribution is -2.47. The fraction of sp³-hybridized carbons (Fsp3) is 0.522. The molecule has 3 N–H and O–H groups in total. The van der Waals surface area contributed by atoms with Gasteiger partial charge in [-0.25, -0.2) is 17.9 Å². The van der Waals surface area contributed by atoms with Crippen molar-refractivity contribution in [3.8, 4) is 11.5 Å². The molecule has 13 heteroatoms. The number of rotatable bonds is 8. The maximum absolute atomic E-state index is 13.0. The molecule has 0 saturated carbocycles. The van der Waals surface area contributed by atoms with Gasteiger partial charge in [-0.15, -0.1) is 0 Å². The molecule has 2 atom stereocenters. The number of hydrogen-bond acceptors (Lipinski definition) is 9. The van der Waals surface area contributed by atoms with E-state index in [2.05, 4.69) is 10.0 Å². The molecule has 3 rings (SSSR count). The van der Waals surface area contributed by atoms with E-state index in [1.165, 1.54) is 24.1 Å². The van der Waals surface area contributed by atoms with E-state index in [-0.39, 0.29) is 35.6 Å². The average molecular weight is 541 g/mol. The molecule has 0 saturated heterocycles. The van der Waals surface area contributed by atoms with Crippen molar-refractivity contribution in [3.63, 3.8) is 0 Å². The molecular weight excluding hydrogens is 508 g/mol. The van der Waals surface area contributed by atoms with E-state index in [1.807, 2.05) is 18.6 Å². The van der Waals surface area contributed by atoms with Crippen molar-refractivity contribution in [2.45, 2.75) is 57.4 Å². The predicted octanol–water partition coefficient (Wildman–Crippen LogP) is 2.88. The van der Waals surface area contributed by atoms with Crippen molar-refractivity contribution in [1.82, 2.24) is 19.7 Å². The van der Waals surface area contributed by atoms with E-state index < -0.39 is 27.3 Å². The van der Waals surface area contributed by atoms with Gasteiger partial charge in [0.2, 0.25) is 0 Å². The number of carbonyl (C=O) groups excluding carboxylic acids is 3. The molecule has 0 spiro atoms. The smallest absolute Gasteiger partial charge is 0.324 e. The SMILES string of the molecule is CCOc1cc2c(cc1S(=O)(=O)NC(=O)SNC)C(C(C)NC(=O)N1CC(C)=C(CC)C1=O)CCO2. The Balaban J connectivity index is 1.89. The van der Waals surface area contributed by atoms with E-state index >= 15 is 0 Å². The third-order valence-electron chi connectivity index (χ3n) is 6.13. The Morgan fingerprint density at radius 1 is 1.31 bits per heavy atom. The number of sulfonamides is 1. The highest BCUT2D eigenvalue weighted by molar-refractivity contribution is 8.13. The number of imide groups is 1. The van der Waals surface area contributed by atoms with Gasteiger partial charge in [0.15, 0.2) is 0 Å². The Hall–Kier alpha value is -2.77. The topological polar surface area (TPSA) is 143 Å². The van der Waals surface area contributed by atoms with Gasteiger partial charge in [0.05, 0.1) is 19.8 Å². The summed E-state index contributed by atoms with van der Waals surface area (Å²) in [7, 11) is -2.77. The summed E-state index contributed by atoms with van der Waals surface area (Å²) in [5.74, 6) is -0.104. The summed E-state index contributed by atoms with van der Waals surface area (Å²) in [5.41, 5.74) is 2.08. The molecule has 0 aromatic heterocycles.